The third-order valence-electron chi connectivity index (χ3n) is 1.71. The zero-order valence-corrected chi connectivity index (χ0v) is 8.48. The standard InChI is InChI=1S/C8H14N2O4/c1-6(11)9(2)4-7(12)10(3)5-8(13)14/h4-5H2,1-3H3,(H,13,14). The molecule has 0 aliphatic rings. The molecule has 0 spiro atoms. The predicted octanol–water partition coefficient (Wildman–Crippen LogP) is -0.992. The lowest BCUT2D eigenvalue weighted by Crippen LogP contribution is -2.40. The maximum atomic E-state index is 11.3. The van der Waals surface area contributed by atoms with Crippen LogP contribution in [-0.2, 0) is 14.4 Å². The van der Waals surface area contributed by atoms with Crippen LogP contribution in [0.5, 0.6) is 0 Å². The Kier molecular flexibility index (Phi) is 4.62. The van der Waals surface area contributed by atoms with Crippen LogP contribution in [0.2, 0.25) is 0 Å². The second kappa shape index (κ2) is 5.21. The lowest BCUT2D eigenvalue weighted by molar-refractivity contribution is -0.144. The zero-order chi connectivity index (χ0) is 11.3. The summed E-state index contributed by atoms with van der Waals surface area (Å²) in [4.78, 5) is 34.6. The Balaban J connectivity index is 4.07. The highest BCUT2D eigenvalue weighted by molar-refractivity contribution is 5.85. The predicted molar refractivity (Wildman–Crippen MR) is 48.6 cm³/mol. The van der Waals surface area contributed by atoms with E-state index in [0.29, 0.717) is 0 Å². The van der Waals surface area contributed by atoms with Crippen molar-refractivity contribution in [3.8, 4) is 0 Å². The van der Waals surface area contributed by atoms with Crippen molar-refractivity contribution in [3.05, 3.63) is 0 Å². The SMILES string of the molecule is CC(=O)N(C)CC(=O)N(C)CC(=O)O. The monoisotopic (exact) mass is 202 g/mol. The molecule has 6 heteroatoms. The van der Waals surface area contributed by atoms with Crippen LogP contribution in [0, 0.1) is 0 Å². The van der Waals surface area contributed by atoms with Gasteiger partial charge in [-0.05, 0) is 0 Å². The van der Waals surface area contributed by atoms with Crippen LogP contribution < -0.4 is 0 Å². The first-order valence-electron chi connectivity index (χ1n) is 4.02. The quantitative estimate of drug-likeness (QED) is 0.634. The van der Waals surface area contributed by atoms with E-state index in [1.807, 2.05) is 0 Å². The van der Waals surface area contributed by atoms with Crippen molar-refractivity contribution in [2.75, 3.05) is 27.2 Å². The molecule has 0 aliphatic carbocycles. The second-order valence-corrected chi connectivity index (χ2v) is 3.02. The Labute approximate surface area is 82.1 Å². The van der Waals surface area contributed by atoms with E-state index in [2.05, 4.69) is 0 Å². The minimum Gasteiger partial charge on any atom is -0.480 e. The number of carboxylic acids is 1. The van der Waals surface area contributed by atoms with E-state index in [1.165, 1.54) is 25.9 Å². The van der Waals surface area contributed by atoms with Gasteiger partial charge in [0.15, 0.2) is 0 Å². The highest BCUT2D eigenvalue weighted by Gasteiger charge is 2.14. The van der Waals surface area contributed by atoms with Crippen molar-refractivity contribution >= 4 is 17.8 Å². The Morgan fingerprint density at radius 3 is 1.93 bits per heavy atom. The first-order chi connectivity index (χ1) is 6.34. The molecule has 80 valence electrons. The van der Waals surface area contributed by atoms with Crippen molar-refractivity contribution in [1.29, 1.82) is 0 Å². The maximum Gasteiger partial charge on any atom is 0.323 e. The number of hydrogen-bond donors (Lipinski definition) is 1. The summed E-state index contributed by atoms with van der Waals surface area (Å²) in [6, 6.07) is 0. The summed E-state index contributed by atoms with van der Waals surface area (Å²) in [5, 5.41) is 8.40. The van der Waals surface area contributed by atoms with E-state index in [4.69, 9.17) is 5.11 Å². The molecule has 14 heavy (non-hydrogen) atoms. The van der Waals surface area contributed by atoms with Crippen molar-refractivity contribution in [2.24, 2.45) is 0 Å². The molecule has 0 aromatic rings. The molecule has 1 N–H and O–H groups in total. The molecule has 0 saturated carbocycles. The highest BCUT2D eigenvalue weighted by atomic mass is 16.4. The number of carboxylic acid groups (broad SMARTS) is 1. The Morgan fingerprint density at radius 1 is 1.07 bits per heavy atom. The van der Waals surface area contributed by atoms with Gasteiger partial charge in [0.25, 0.3) is 0 Å². The van der Waals surface area contributed by atoms with Gasteiger partial charge in [0.2, 0.25) is 11.8 Å². The van der Waals surface area contributed by atoms with Gasteiger partial charge in [-0.15, -0.1) is 0 Å². The van der Waals surface area contributed by atoms with Gasteiger partial charge in [0.05, 0.1) is 6.54 Å². The van der Waals surface area contributed by atoms with E-state index in [0.717, 1.165) is 4.90 Å². The molecule has 0 aromatic heterocycles. The van der Waals surface area contributed by atoms with Gasteiger partial charge in [-0.1, -0.05) is 0 Å². The fourth-order valence-electron chi connectivity index (χ4n) is 0.726. The van der Waals surface area contributed by atoms with E-state index in [-0.39, 0.29) is 19.0 Å². The number of amides is 2. The molecule has 0 aliphatic heterocycles. The van der Waals surface area contributed by atoms with Crippen molar-refractivity contribution in [1.82, 2.24) is 9.80 Å². The number of carbonyl (C=O) groups is 3. The van der Waals surface area contributed by atoms with Gasteiger partial charge < -0.3 is 14.9 Å². The fraction of sp³-hybridized carbons (Fsp3) is 0.625. The highest BCUT2D eigenvalue weighted by Crippen LogP contribution is 1.89. The fourth-order valence-corrected chi connectivity index (χ4v) is 0.726. The molecule has 0 bridgehead atoms. The molecule has 0 radical (unpaired) electrons. The summed E-state index contributed by atoms with van der Waals surface area (Å²) < 4.78 is 0. The number of carbonyl (C=O) groups excluding carboxylic acids is 2. The summed E-state index contributed by atoms with van der Waals surface area (Å²) in [5.41, 5.74) is 0. The summed E-state index contributed by atoms with van der Waals surface area (Å²) in [7, 11) is 2.86. The normalized spacial score (nSPS) is 9.36. The Morgan fingerprint density at radius 2 is 1.57 bits per heavy atom. The Bertz CT molecular complexity index is 252. The molecule has 0 aromatic carbocycles. The average Bonchev–Trinajstić information content (AvgIpc) is 2.02. The largest absolute Gasteiger partial charge is 0.480 e. The molecule has 0 unspecified atom stereocenters. The van der Waals surface area contributed by atoms with Crippen molar-refractivity contribution in [2.45, 2.75) is 6.92 Å². The van der Waals surface area contributed by atoms with Crippen molar-refractivity contribution < 1.29 is 19.5 Å². The smallest absolute Gasteiger partial charge is 0.323 e. The number of aliphatic carboxylic acids is 1. The molecule has 0 saturated heterocycles. The van der Waals surface area contributed by atoms with Crippen LogP contribution >= 0.6 is 0 Å². The van der Waals surface area contributed by atoms with Crippen LogP contribution in [0.1, 0.15) is 6.92 Å². The van der Waals surface area contributed by atoms with Crippen LogP contribution in [0.15, 0.2) is 0 Å². The second-order valence-electron chi connectivity index (χ2n) is 3.02. The maximum absolute atomic E-state index is 11.3. The van der Waals surface area contributed by atoms with Gasteiger partial charge in [0, 0.05) is 21.0 Å². The number of rotatable bonds is 4. The topological polar surface area (TPSA) is 77.9 Å². The molecule has 0 heterocycles. The van der Waals surface area contributed by atoms with E-state index >= 15 is 0 Å². The van der Waals surface area contributed by atoms with Crippen molar-refractivity contribution in [3.63, 3.8) is 0 Å². The average molecular weight is 202 g/mol. The molecule has 0 atom stereocenters. The minimum atomic E-state index is -1.08. The first kappa shape index (κ1) is 12.4. The van der Waals surface area contributed by atoms with Crippen LogP contribution in [0.3, 0.4) is 0 Å². The molecular weight excluding hydrogens is 188 g/mol. The van der Waals surface area contributed by atoms with Gasteiger partial charge in [-0.25, -0.2) is 0 Å². The molecular formula is C8H14N2O4. The van der Waals surface area contributed by atoms with E-state index in [9.17, 15) is 14.4 Å². The molecule has 6 nitrogen and oxygen atoms in total. The van der Waals surface area contributed by atoms with Gasteiger partial charge >= 0.3 is 5.97 Å². The van der Waals surface area contributed by atoms with Crippen LogP contribution in [0.4, 0.5) is 0 Å². The summed E-state index contributed by atoms with van der Waals surface area (Å²) in [6.45, 7) is 0.883. The van der Waals surface area contributed by atoms with Gasteiger partial charge in [0.1, 0.15) is 6.54 Å². The first-order valence-corrected chi connectivity index (χ1v) is 4.02. The van der Waals surface area contributed by atoms with Crippen LogP contribution in [-0.4, -0.2) is 59.9 Å². The van der Waals surface area contributed by atoms with Gasteiger partial charge in [-0.3, -0.25) is 14.4 Å². The summed E-state index contributed by atoms with van der Waals surface area (Å²) >= 11 is 0. The number of nitrogens with zero attached hydrogens (tertiary/aromatic N) is 2. The Hall–Kier alpha value is -1.59. The van der Waals surface area contributed by atoms with Crippen LogP contribution in [0.25, 0.3) is 0 Å². The zero-order valence-electron chi connectivity index (χ0n) is 8.48. The molecule has 0 fully saturated rings. The third kappa shape index (κ3) is 4.44. The third-order valence-corrected chi connectivity index (χ3v) is 1.71. The van der Waals surface area contributed by atoms with E-state index < -0.39 is 11.9 Å². The lowest BCUT2D eigenvalue weighted by Gasteiger charge is -2.19. The molecule has 0 rings (SSSR count). The van der Waals surface area contributed by atoms with E-state index in [1.54, 1.807) is 0 Å². The van der Waals surface area contributed by atoms with Gasteiger partial charge in [-0.2, -0.15) is 0 Å². The minimum absolute atomic E-state index is 0.0981. The molecule has 2 amide bonds. The summed E-state index contributed by atoms with van der Waals surface area (Å²) in [6.07, 6.45) is 0. The number of hydrogen-bond acceptors (Lipinski definition) is 3. The number of likely N-dealkylation sites (N-methyl/N-ethyl adjacent to an activating group) is 2. The lowest BCUT2D eigenvalue weighted by atomic mass is 10.4. The summed E-state index contributed by atoms with van der Waals surface area (Å²) in [5.74, 6) is -1.71.